The zero-order valence-corrected chi connectivity index (χ0v) is 25.7. The Morgan fingerprint density at radius 2 is 1.64 bits per heavy atom. The summed E-state index contributed by atoms with van der Waals surface area (Å²) >= 11 is 13.6. The monoisotopic (exact) mass is 616 g/mol. The van der Waals surface area contributed by atoms with E-state index in [-0.39, 0.29) is 5.91 Å². The number of carbonyl (C=O) groups is 1. The van der Waals surface area contributed by atoms with Crippen molar-refractivity contribution in [2.45, 2.75) is 26.9 Å². The van der Waals surface area contributed by atoms with E-state index in [1.807, 2.05) is 86.7 Å². The van der Waals surface area contributed by atoms with Gasteiger partial charge < -0.3 is 9.47 Å². The number of halogens is 2. The molecule has 0 radical (unpaired) electrons. The van der Waals surface area contributed by atoms with Crippen molar-refractivity contribution in [2.24, 2.45) is 4.99 Å². The lowest BCUT2D eigenvalue weighted by molar-refractivity contribution is -0.122. The molecule has 0 N–H and O–H groups in total. The Bertz CT molecular complexity index is 1620. The largest absolute Gasteiger partial charge is 0.490 e. The highest BCUT2D eigenvalue weighted by Gasteiger charge is 2.33. The Morgan fingerprint density at radius 3 is 2.38 bits per heavy atom. The lowest BCUT2D eigenvalue weighted by atomic mass is 10.1. The molecule has 4 aromatic rings. The first-order valence-corrected chi connectivity index (χ1v) is 15.2. The SMILES string of the molecule is CCOc1cc(/C=C2/SC(=Nc3ccc(C)cc3)N(CCc3ccccc3)C2=O)ccc1OCc1ccc(Cl)c(Cl)c1. The molecule has 0 spiro atoms. The van der Waals surface area contributed by atoms with Crippen LogP contribution >= 0.6 is 35.0 Å². The summed E-state index contributed by atoms with van der Waals surface area (Å²) in [6.07, 6.45) is 2.61. The zero-order valence-electron chi connectivity index (χ0n) is 23.3. The van der Waals surface area contributed by atoms with Gasteiger partial charge in [-0.15, -0.1) is 0 Å². The van der Waals surface area contributed by atoms with E-state index in [2.05, 4.69) is 12.1 Å². The van der Waals surface area contributed by atoms with Gasteiger partial charge in [0.15, 0.2) is 16.7 Å². The predicted octanol–water partition coefficient (Wildman–Crippen LogP) is 9.13. The molecule has 214 valence electrons. The number of hydrogen-bond donors (Lipinski definition) is 0. The smallest absolute Gasteiger partial charge is 0.266 e. The molecule has 5 nitrogen and oxygen atoms in total. The molecule has 1 amide bonds. The molecule has 1 fully saturated rings. The first kappa shape index (κ1) is 29.8. The van der Waals surface area contributed by atoms with Gasteiger partial charge in [-0.05, 0) is 91.2 Å². The number of thioether (sulfide) groups is 1. The van der Waals surface area contributed by atoms with Crippen molar-refractivity contribution in [2.75, 3.05) is 13.2 Å². The zero-order chi connectivity index (χ0) is 29.5. The lowest BCUT2D eigenvalue weighted by Crippen LogP contribution is -2.31. The number of aliphatic imine (C=N–C) groups is 1. The molecule has 1 aliphatic heterocycles. The first-order chi connectivity index (χ1) is 20.4. The van der Waals surface area contributed by atoms with Gasteiger partial charge in [0.2, 0.25) is 0 Å². The number of carbonyl (C=O) groups excluding carboxylic acids is 1. The van der Waals surface area contributed by atoms with E-state index in [1.54, 1.807) is 17.0 Å². The summed E-state index contributed by atoms with van der Waals surface area (Å²) in [6.45, 7) is 5.27. The highest BCUT2D eigenvalue weighted by molar-refractivity contribution is 8.18. The molecule has 0 aromatic heterocycles. The molecule has 4 aromatic carbocycles. The van der Waals surface area contributed by atoms with Gasteiger partial charge in [0.25, 0.3) is 5.91 Å². The lowest BCUT2D eigenvalue weighted by Gasteiger charge is -2.15. The Balaban J connectivity index is 1.39. The van der Waals surface area contributed by atoms with Crippen molar-refractivity contribution < 1.29 is 14.3 Å². The summed E-state index contributed by atoms with van der Waals surface area (Å²) in [5, 5.41) is 1.64. The van der Waals surface area contributed by atoms with Crippen LogP contribution < -0.4 is 9.47 Å². The summed E-state index contributed by atoms with van der Waals surface area (Å²) in [6, 6.07) is 29.2. The Labute approximate surface area is 260 Å². The molecule has 0 bridgehead atoms. The van der Waals surface area contributed by atoms with Gasteiger partial charge in [0.1, 0.15) is 6.61 Å². The molecule has 0 atom stereocenters. The fourth-order valence-corrected chi connectivity index (χ4v) is 5.69. The summed E-state index contributed by atoms with van der Waals surface area (Å²) in [5.74, 6) is 1.12. The van der Waals surface area contributed by atoms with E-state index in [9.17, 15) is 4.79 Å². The summed E-state index contributed by atoms with van der Waals surface area (Å²) in [5.41, 5.74) is 4.85. The molecule has 1 saturated heterocycles. The minimum atomic E-state index is -0.0697. The molecule has 0 unspecified atom stereocenters. The number of benzene rings is 4. The van der Waals surface area contributed by atoms with Crippen LogP contribution in [0.4, 0.5) is 5.69 Å². The second kappa shape index (κ2) is 14.0. The van der Waals surface area contributed by atoms with E-state index < -0.39 is 0 Å². The van der Waals surface area contributed by atoms with Crippen LogP contribution in [0.15, 0.2) is 101 Å². The van der Waals surface area contributed by atoms with Gasteiger partial charge >= 0.3 is 0 Å². The maximum absolute atomic E-state index is 13.7. The maximum atomic E-state index is 13.7. The molecular formula is C34H30Cl2N2O3S. The van der Waals surface area contributed by atoms with Crippen LogP contribution in [0.5, 0.6) is 11.5 Å². The number of amides is 1. The van der Waals surface area contributed by atoms with Crippen LogP contribution in [0.25, 0.3) is 6.08 Å². The fourth-order valence-electron chi connectivity index (χ4n) is 4.35. The van der Waals surface area contributed by atoms with Crippen LogP contribution in [0, 0.1) is 6.92 Å². The number of hydrogen-bond acceptors (Lipinski definition) is 5. The van der Waals surface area contributed by atoms with Crippen LogP contribution in [0.3, 0.4) is 0 Å². The van der Waals surface area contributed by atoms with Gasteiger partial charge in [-0.25, -0.2) is 4.99 Å². The fraction of sp³-hybridized carbons (Fsp3) is 0.176. The highest BCUT2D eigenvalue weighted by atomic mass is 35.5. The quantitative estimate of drug-likeness (QED) is 0.167. The molecule has 8 heteroatoms. The van der Waals surface area contributed by atoms with Gasteiger partial charge in [-0.2, -0.15) is 0 Å². The maximum Gasteiger partial charge on any atom is 0.266 e. The topological polar surface area (TPSA) is 51.1 Å². The molecule has 42 heavy (non-hydrogen) atoms. The highest BCUT2D eigenvalue weighted by Crippen LogP contribution is 2.36. The Morgan fingerprint density at radius 1 is 0.857 bits per heavy atom. The van der Waals surface area contributed by atoms with E-state index >= 15 is 0 Å². The van der Waals surface area contributed by atoms with Crippen molar-refractivity contribution in [1.29, 1.82) is 0 Å². The molecule has 5 rings (SSSR count). The van der Waals surface area contributed by atoms with E-state index in [4.69, 9.17) is 37.7 Å². The number of rotatable bonds is 10. The van der Waals surface area contributed by atoms with Crippen molar-refractivity contribution >= 4 is 57.8 Å². The third-order valence-corrected chi connectivity index (χ3v) is 8.30. The Hall–Kier alpha value is -3.71. The molecule has 0 aliphatic carbocycles. The average molecular weight is 618 g/mol. The van der Waals surface area contributed by atoms with Crippen molar-refractivity contribution in [3.63, 3.8) is 0 Å². The van der Waals surface area contributed by atoms with Crippen LogP contribution in [-0.4, -0.2) is 29.1 Å². The van der Waals surface area contributed by atoms with E-state index in [0.717, 1.165) is 28.8 Å². The average Bonchev–Trinajstić information content (AvgIpc) is 3.28. The van der Waals surface area contributed by atoms with Crippen LogP contribution in [0.1, 0.15) is 29.2 Å². The van der Waals surface area contributed by atoms with Crippen LogP contribution in [0.2, 0.25) is 10.0 Å². The van der Waals surface area contributed by atoms with E-state index in [1.165, 1.54) is 17.3 Å². The summed E-state index contributed by atoms with van der Waals surface area (Å²) in [4.78, 5) is 20.9. The van der Waals surface area contributed by atoms with Gasteiger partial charge in [-0.3, -0.25) is 9.69 Å². The molecule has 0 saturated carbocycles. The third-order valence-electron chi connectivity index (χ3n) is 6.56. The molecular weight excluding hydrogens is 587 g/mol. The predicted molar refractivity (Wildman–Crippen MR) is 174 cm³/mol. The normalized spacial score (nSPS) is 15.0. The molecule has 1 aliphatic rings. The van der Waals surface area contributed by atoms with Crippen molar-refractivity contribution in [1.82, 2.24) is 4.90 Å². The number of ether oxygens (including phenoxy) is 2. The first-order valence-electron chi connectivity index (χ1n) is 13.6. The van der Waals surface area contributed by atoms with Gasteiger partial charge in [0.05, 0.1) is 27.2 Å². The van der Waals surface area contributed by atoms with Crippen LogP contribution in [-0.2, 0) is 17.8 Å². The van der Waals surface area contributed by atoms with Gasteiger partial charge in [0, 0.05) is 6.54 Å². The minimum Gasteiger partial charge on any atom is -0.490 e. The van der Waals surface area contributed by atoms with Crippen molar-refractivity contribution in [3.8, 4) is 11.5 Å². The summed E-state index contributed by atoms with van der Waals surface area (Å²) < 4.78 is 11.9. The number of nitrogens with zero attached hydrogens (tertiary/aromatic N) is 2. The second-order valence-corrected chi connectivity index (χ2v) is 11.5. The van der Waals surface area contributed by atoms with E-state index in [0.29, 0.717) is 51.4 Å². The standard InChI is InChI=1S/C34H30Cl2N2O3S/c1-3-40-31-20-25(12-16-30(31)41-22-26-11-15-28(35)29(36)19-26)21-32-33(39)38(18-17-24-7-5-4-6-8-24)34(42-32)37-27-13-9-23(2)10-14-27/h4-16,19-21H,3,17-18,22H2,1-2H3/b32-21+,37-34?. The summed E-state index contributed by atoms with van der Waals surface area (Å²) in [7, 11) is 0. The number of amidine groups is 1. The van der Waals surface area contributed by atoms with Crippen molar-refractivity contribution in [3.05, 3.63) is 128 Å². The third kappa shape index (κ3) is 7.57. The minimum absolute atomic E-state index is 0.0697. The Kier molecular flexibility index (Phi) is 9.90. The van der Waals surface area contributed by atoms with Gasteiger partial charge in [-0.1, -0.05) is 83.4 Å². The number of aryl methyl sites for hydroxylation is 1. The molecule has 1 heterocycles. The second-order valence-electron chi connectivity index (χ2n) is 9.71.